The third-order valence-electron chi connectivity index (χ3n) is 5.45. The summed E-state index contributed by atoms with van der Waals surface area (Å²) in [6.07, 6.45) is 3.94. The van der Waals surface area contributed by atoms with Crippen molar-refractivity contribution in [3.63, 3.8) is 0 Å². The van der Waals surface area contributed by atoms with Gasteiger partial charge >= 0.3 is 64.3 Å². The fraction of sp³-hybridized carbons (Fsp3) is 0.560. The molecule has 0 bridgehead atoms. The first kappa shape index (κ1) is 32.6. The van der Waals surface area contributed by atoms with Gasteiger partial charge in [0.25, 0.3) is 0 Å². The third kappa shape index (κ3) is 13.2. The molecule has 1 N–H and O–H groups in total. The maximum Gasteiger partial charge on any atom is 1.00 e. The summed E-state index contributed by atoms with van der Waals surface area (Å²) in [5, 5.41) is 6.61. The molecule has 0 spiro atoms. The van der Waals surface area contributed by atoms with Crippen molar-refractivity contribution in [3.8, 4) is 0 Å². The molecular weight excluding hydrogens is 540 g/mol. The summed E-state index contributed by atoms with van der Waals surface area (Å²) >= 11 is 0. The quantitative estimate of drug-likeness (QED) is 0.161. The number of nitrogens with one attached hydrogen (secondary N) is 1. The standard InChI is InChI=1S/C25H35N3O7.Rb/c1-19(17-29)5-2-3-11-26-25(33)35-14-4-13-34-18-22(30)27-16-21-8-6-20(7-9-21)15-24(32)28-12-10-23(28)31;/h6-9,17,19H,2-5,10-16,18H2,1H3,(H2,26,27,30,33);/q;+1/p-1. The number of hydrogen-bond acceptors (Lipinski definition) is 7. The van der Waals surface area contributed by atoms with E-state index < -0.39 is 6.09 Å². The van der Waals surface area contributed by atoms with E-state index in [1.807, 2.05) is 6.92 Å². The van der Waals surface area contributed by atoms with E-state index in [0.29, 0.717) is 25.9 Å². The molecule has 192 valence electrons. The number of alkyl carbamates (subject to hydrolysis) is 1. The zero-order chi connectivity index (χ0) is 25.5. The number of unbranched alkanes of at least 4 members (excludes halogenated alkanes) is 1. The van der Waals surface area contributed by atoms with E-state index in [4.69, 9.17) is 9.47 Å². The molecule has 0 aromatic heterocycles. The van der Waals surface area contributed by atoms with E-state index in [1.54, 1.807) is 24.3 Å². The van der Waals surface area contributed by atoms with Gasteiger partial charge in [-0.2, -0.15) is 0 Å². The van der Waals surface area contributed by atoms with Crippen LogP contribution in [-0.2, 0) is 41.6 Å². The molecule has 1 heterocycles. The molecule has 1 unspecified atom stereocenters. The molecule has 1 fully saturated rings. The number of imide groups is 1. The Balaban J connectivity index is 0.00000648. The Morgan fingerprint density at radius 3 is 2.47 bits per heavy atom. The number of likely N-dealkylation sites (tertiary alicyclic amines) is 1. The topological polar surface area (TPSA) is 133 Å². The fourth-order valence-electron chi connectivity index (χ4n) is 3.22. The van der Waals surface area contributed by atoms with Gasteiger partial charge in [-0.05, 0) is 18.4 Å². The van der Waals surface area contributed by atoms with Crippen LogP contribution in [0.2, 0.25) is 0 Å². The molecule has 1 aliphatic rings. The molecule has 1 aromatic rings. The summed E-state index contributed by atoms with van der Waals surface area (Å²) in [5.41, 5.74) is 1.63. The maximum absolute atomic E-state index is 12.0. The first-order valence-corrected chi connectivity index (χ1v) is 11.9. The molecule has 11 heteroatoms. The molecule has 1 aliphatic heterocycles. The van der Waals surface area contributed by atoms with E-state index in [2.05, 4.69) is 10.6 Å². The van der Waals surface area contributed by atoms with Crippen molar-refractivity contribution in [2.45, 2.75) is 52.0 Å². The number of rotatable bonds is 16. The molecule has 0 saturated carbocycles. The van der Waals surface area contributed by atoms with Gasteiger partial charge in [-0.3, -0.25) is 14.5 Å². The van der Waals surface area contributed by atoms with Gasteiger partial charge in [-0.25, -0.2) is 4.79 Å². The first-order valence-electron chi connectivity index (χ1n) is 11.9. The van der Waals surface area contributed by atoms with Crippen LogP contribution in [0.5, 0.6) is 0 Å². The Bertz CT molecular complexity index is 864. The SMILES string of the molecule is CC(C=O)CCCCNC(=O)OCCCOCC(=O)[N-]Cc1ccc(CC(=O)N2CCC2=O)cc1.[Rb+]. The molecular formula is C25H34N3O7Rb. The number of hydrogen-bond donors (Lipinski definition) is 1. The third-order valence-corrected chi connectivity index (χ3v) is 5.45. The van der Waals surface area contributed by atoms with Crippen LogP contribution in [0.1, 0.15) is 50.2 Å². The van der Waals surface area contributed by atoms with Crippen LogP contribution in [0.4, 0.5) is 4.79 Å². The minimum Gasteiger partial charge on any atom is -0.648 e. The molecule has 0 aliphatic carbocycles. The zero-order valence-corrected chi connectivity index (χ0v) is 26.1. The molecule has 1 atom stereocenters. The number of aldehydes is 1. The van der Waals surface area contributed by atoms with Crippen molar-refractivity contribution >= 4 is 30.1 Å². The van der Waals surface area contributed by atoms with Crippen LogP contribution >= 0.6 is 0 Å². The van der Waals surface area contributed by atoms with Crippen LogP contribution < -0.4 is 63.5 Å². The van der Waals surface area contributed by atoms with E-state index in [1.165, 1.54) is 4.90 Å². The second-order valence-corrected chi connectivity index (χ2v) is 8.47. The predicted octanol–water partition coefficient (Wildman–Crippen LogP) is -0.469. The van der Waals surface area contributed by atoms with Crippen LogP contribution in [0.25, 0.3) is 5.32 Å². The number of nitrogens with zero attached hydrogens (tertiary/aromatic N) is 2. The van der Waals surface area contributed by atoms with Gasteiger partial charge in [-0.1, -0.05) is 43.2 Å². The monoisotopic (exact) mass is 573 g/mol. The number of carbonyl (C=O) groups is 5. The molecule has 2 rings (SSSR count). The van der Waals surface area contributed by atoms with E-state index in [0.717, 1.165) is 36.7 Å². The van der Waals surface area contributed by atoms with Gasteiger partial charge < -0.3 is 29.7 Å². The second kappa shape index (κ2) is 18.7. The molecule has 1 saturated heterocycles. The largest absolute Gasteiger partial charge is 1.00 e. The van der Waals surface area contributed by atoms with Crippen molar-refractivity contribution in [1.82, 2.24) is 10.2 Å². The normalized spacial score (nSPS) is 13.1. The average Bonchev–Trinajstić information content (AvgIpc) is 2.84. The van der Waals surface area contributed by atoms with Crippen molar-refractivity contribution in [2.24, 2.45) is 5.92 Å². The van der Waals surface area contributed by atoms with E-state index in [-0.39, 0.29) is 115 Å². The van der Waals surface area contributed by atoms with Crippen LogP contribution in [0.15, 0.2) is 24.3 Å². The number of amides is 4. The summed E-state index contributed by atoms with van der Waals surface area (Å²) in [7, 11) is 0. The minimum absolute atomic E-state index is 0. The van der Waals surface area contributed by atoms with Crippen molar-refractivity contribution < 1.29 is 91.6 Å². The van der Waals surface area contributed by atoms with Crippen molar-refractivity contribution in [2.75, 3.05) is 32.9 Å². The van der Waals surface area contributed by atoms with Gasteiger partial charge in [-0.15, -0.1) is 6.54 Å². The Morgan fingerprint density at radius 2 is 1.83 bits per heavy atom. The summed E-state index contributed by atoms with van der Waals surface area (Å²) in [6.45, 7) is 3.35. The summed E-state index contributed by atoms with van der Waals surface area (Å²) in [4.78, 5) is 58.5. The predicted molar refractivity (Wildman–Crippen MR) is 127 cm³/mol. The molecule has 0 radical (unpaired) electrons. The smallest absolute Gasteiger partial charge is 0.648 e. The minimum atomic E-state index is -0.496. The summed E-state index contributed by atoms with van der Waals surface area (Å²) in [6, 6.07) is 7.18. The van der Waals surface area contributed by atoms with Gasteiger partial charge in [0, 0.05) is 31.8 Å². The van der Waals surface area contributed by atoms with Crippen LogP contribution in [-0.4, -0.2) is 67.9 Å². The van der Waals surface area contributed by atoms with Crippen LogP contribution in [0.3, 0.4) is 0 Å². The second-order valence-electron chi connectivity index (χ2n) is 8.47. The van der Waals surface area contributed by atoms with Gasteiger partial charge in [0.05, 0.1) is 32.1 Å². The Hall–Kier alpha value is -1.46. The Labute approximate surface area is 261 Å². The number of benzene rings is 1. The van der Waals surface area contributed by atoms with E-state index >= 15 is 0 Å². The molecule has 4 amide bonds. The van der Waals surface area contributed by atoms with Crippen LogP contribution in [0, 0.1) is 5.92 Å². The maximum atomic E-state index is 12.0. The number of ether oxygens (including phenoxy) is 2. The average molecular weight is 574 g/mol. The fourth-order valence-corrected chi connectivity index (χ4v) is 3.22. The van der Waals surface area contributed by atoms with Crippen molar-refractivity contribution in [3.05, 3.63) is 40.7 Å². The van der Waals surface area contributed by atoms with Gasteiger partial charge in [0.1, 0.15) is 6.29 Å². The summed E-state index contributed by atoms with van der Waals surface area (Å²) in [5.74, 6) is -0.674. The first-order chi connectivity index (χ1) is 16.9. The van der Waals surface area contributed by atoms with Gasteiger partial charge in [0.2, 0.25) is 11.8 Å². The molecule has 10 nitrogen and oxygen atoms in total. The zero-order valence-electron chi connectivity index (χ0n) is 21.2. The van der Waals surface area contributed by atoms with Gasteiger partial charge in [0.15, 0.2) is 0 Å². The van der Waals surface area contributed by atoms with E-state index in [9.17, 15) is 24.0 Å². The number of carbonyl (C=O) groups excluding carboxylic acids is 5. The Morgan fingerprint density at radius 1 is 1.11 bits per heavy atom. The number of β-lactam (4-membered cyclic amide) rings is 1. The van der Waals surface area contributed by atoms with Crippen molar-refractivity contribution in [1.29, 1.82) is 0 Å². The molecule has 36 heavy (non-hydrogen) atoms. The molecule has 1 aromatic carbocycles. The summed E-state index contributed by atoms with van der Waals surface area (Å²) < 4.78 is 10.3. The Kier molecular flexibility index (Phi) is 16.9.